The molecule has 51 heavy (non-hydrogen) atoms. The molecule has 4 aliphatic rings. The first-order valence-electron chi connectivity index (χ1n) is 19.8. The van der Waals surface area contributed by atoms with Crippen molar-refractivity contribution in [1.82, 2.24) is 0 Å². The van der Waals surface area contributed by atoms with Gasteiger partial charge in [-0.25, -0.2) is 0 Å². The number of benzene rings is 6. The summed E-state index contributed by atoms with van der Waals surface area (Å²) in [6.07, 6.45) is 13.7. The molecule has 0 spiro atoms. The van der Waals surface area contributed by atoms with Crippen molar-refractivity contribution in [1.29, 1.82) is 0 Å². The Kier molecular flexibility index (Phi) is 7.31. The van der Waals surface area contributed by atoms with Crippen LogP contribution in [0.15, 0.2) is 127 Å². The predicted octanol–water partition coefficient (Wildman–Crippen LogP) is 14.2. The van der Waals surface area contributed by atoms with Crippen LogP contribution in [-0.4, -0.2) is 0 Å². The summed E-state index contributed by atoms with van der Waals surface area (Å²) in [7, 11) is 0. The normalized spacial score (nSPS) is 21.9. The SMILES string of the molecule is CC1(C)c2cc(-c3cccc4ccccc34)ccc2-c2ccc(N(c3ccc(C4CCCCC4)cc3)c3ccc(C45CCC(CC4)C5)cc3)cc21. The average Bonchev–Trinajstić information content (AvgIpc) is 3.87. The van der Waals surface area contributed by atoms with Crippen molar-refractivity contribution in [3.8, 4) is 22.3 Å². The molecule has 0 aliphatic heterocycles. The van der Waals surface area contributed by atoms with E-state index in [1.165, 1.54) is 131 Å². The van der Waals surface area contributed by atoms with Gasteiger partial charge in [-0.05, 0) is 160 Å². The minimum Gasteiger partial charge on any atom is -0.310 e. The van der Waals surface area contributed by atoms with E-state index < -0.39 is 0 Å². The smallest absolute Gasteiger partial charge is 0.0465 e. The molecule has 2 bridgehead atoms. The zero-order chi connectivity index (χ0) is 34.2. The van der Waals surface area contributed by atoms with Crippen molar-refractivity contribution in [3.63, 3.8) is 0 Å². The Hall–Kier alpha value is -4.62. The molecule has 4 aliphatic carbocycles. The molecule has 6 aromatic carbocycles. The Morgan fingerprint density at radius 1 is 0.549 bits per heavy atom. The molecule has 0 atom stereocenters. The minimum absolute atomic E-state index is 0.123. The lowest BCUT2D eigenvalue weighted by Crippen LogP contribution is -2.20. The monoisotopic (exact) mass is 663 g/mol. The van der Waals surface area contributed by atoms with Crippen LogP contribution < -0.4 is 4.90 Å². The molecule has 0 aromatic heterocycles. The van der Waals surface area contributed by atoms with Gasteiger partial charge in [0.1, 0.15) is 0 Å². The Bertz CT molecular complexity index is 2240. The molecule has 0 radical (unpaired) electrons. The van der Waals surface area contributed by atoms with Crippen molar-refractivity contribution >= 4 is 27.8 Å². The van der Waals surface area contributed by atoms with Crippen LogP contribution in [0.25, 0.3) is 33.0 Å². The van der Waals surface area contributed by atoms with Crippen molar-refractivity contribution in [3.05, 3.63) is 150 Å². The molecule has 1 heteroatoms. The van der Waals surface area contributed by atoms with Crippen LogP contribution in [0.3, 0.4) is 0 Å². The Labute approximate surface area is 304 Å². The molecule has 1 nitrogen and oxygen atoms in total. The highest BCUT2D eigenvalue weighted by Gasteiger charge is 2.45. The van der Waals surface area contributed by atoms with E-state index in [1.807, 2.05) is 0 Å². The van der Waals surface area contributed by atoms with Gasteiger partial charge in [0.05, 0.1) is 0 Å². The average molecular weight is 664 g/mol. The van der Waals surface area contributed by atoms with Gasteiger partial charge in [-0.15, -0.1) is 0 Å². The number of nitrogens with zero attached hydrogens (tertiary/aromatic N) is 1. The van der Waals surface area contributed by atoms with Gasteiger partial charge in [0.25, 0.3) is 0 Å². The molecular formula is C50H49N. The maximum Gasteiger partial charge on any atom is 0.0465 e. The summed E-state index contributed by atoms with van der Waals surface area (Å²) >= 11 is 0. The van der Waals surface area contributed by atoms with Gasteiger partial charge in [0, 0.05) is 22.5 Å². The second kappa shape index (κ2) is 12.0. The van der Waals surface area contributed by atoms with Crippen LogP contribution in [0.5, 0.6) is 0 Å². The van der Waals surface area contributed by atoms with E-state index in [9.17, 15) is 0 Å². The summed E-state index contributed by atoms with van der Waals surface area (Å²) in [5, 5.41) is 2.60. The molecule has 3 fully saturated rings. The zero-order valence-corrected chi connectivity index (χ0v) is 30.3. The maximum atomic E-state index is 2.51. The van der Waals surface area contributed by atoms with Crippen molar-refractivity contribution in [2.45, 2.75) is 94.8 Å². The minimum atomic E-state index is -0.123. The number of hydrogen-bond acceptors (Lipinski definition) is 1. The number of fused-ring (bicyclic) bond motifs is 6. The van der Waals surface area contributed by atoms with Gasteiger partial charge >= 0.3 is 0 Å². The van der Waals surface area contributed by atoms with Gasteiger partial charge in [0.15, 0.2) is 0 Å². The van der Waals surface area contributed by atoms with Gasteiger partial charge < -0.3 is 4.90 Å². The fraction of sp³-hybridized carbons (Fsp3) is 0.320. The van der Waals surface area contributed by atoms with Crippen LogP contribution >= 0.6 is 0 Å². The van der Waals surface area contributed by atoms with Crippen molar-refractivity contribution in [2.24, 2.45) is 5.92 Å². The highest BCUT2D eigenvalue weighted by molar-refractivity contribution is 5.98. The standard InChI is InChI=1S/C50H49N/c1-49(2)47-31-38(44-14-8-12-37-11-6-7-13-43(37)44)17-25-45(47)46-26-24-42(32-48(46)49)51(40-20-15-36(16-21-40)35-9-4-3-5-10-35)41-22-18-39(19-23-41)50-29-27-34(33-50)28-30-50/h6-8,11-26,31-32,34-35H,3-5,9-10,27-30,33H2,1-2H3. The topological polar surface area (TPSA) is 3.24 Å². The molecule has 254 valence electrons. The second-order valence-corrected chi connectivity index (χ2v) is 16.9. The van der Waals surface area contributed by atoms with Crippen molar-refractivity contribution in [2.75, 3.05) is 4.90 Å². The highest BCUT2D eigenvalue weighted by atomic mass is 15.1. The summed E-state index contributed by atoms with van der Waals surface area (Å²) in [4.78, 5) is 2.51. The molecule has 0 amide bonds. The van der Waals surface area contributed by atoms with Crippen LogP contribution in [0.1, 0.15) is 106 Å². The molecular weight excluding hydrogens is 615 g/mol. The molecule has 3 saturated carbocycles. The largest absolute Gasteiger partial charge is 0.310 e. The summed E-state index contributed by atoms with van der Waals surface area (Å²) in [6.45, 7) is 4.84. The third kappa shape index (κ3) is 5.10. The van der Waals surface area contributed by atoms with Gasteiger partial charge in [-0.1, -0.05) is 118 Å². The fourth-order valence-electron chi connectivity index (χ4n) is 10.8. The highest BCUT2D eigenvalue weighted by Crippen LogP contribution is 2.56. The summed E-state index contributed by atoms with van der Waals surface area (Å²) in [6, 6.07) is 49.2. The zero-order valence-electron chi connectivity index (χ0n) is 30.3. The van der Waals surface area contributed by atoms with E-state index in [0.717, 1.165) is 5.92 Å². The van der Waals surface area contributed by atoms with E-state index in [-0.39, 0.29) is 5.41 Å². The third-order valence-corrected chi connectivity index (χ3v) is 13.7. The first kappa shape index (κ1) is 31.1. The maximum absolute atomic E-state index is 2.51. The van der Waals surface area contributed by atoms with E-state index in [4.69, 9.17) is 0 Å². The number of anilines is 3. The van der Waals surface area contributed by atoms with E-state index in [2.05, 4.69) is 146 Å². The van der Waals surface area contributed by atoms with Crippen LogP contribution in [0, 0.1) is 5.92 Å². The van der Waals surface area contributed by atoms with Gasteiger partial charge in [0.2, 0.25) is 0 Å². The Morgan fingerprint density at radius 2 is 1.20 bits per heavy atom. The first-order valence-corrected chi connectivity index (χ1v) is 19.8. The van der Waals surface area contributed by atoms with Gasteiger partial charge in [-0.3, -0.25) is 0 Å². The van der Waals surface area contributed by atoms with Gasteiger partial charge in [-0.2, -0.15) is 0 Å². The number of hydrogen-bond donors (Lipinski definition) is 0. The summed E-state index contributed by atoms with van der Waals surface area (Å²) in [5.41, 5.74) is 15.3. The van der Waals surface area contributed by atoms with Crippen LogP contribution in [0.4, 0.5) is 17.1 Å². The molecule has 0 N–H and O–H groups in total. The third-order valence-electron chi connectivity index (χ3n) is 13.7. The lowest BCUT2D eigenvalue weighted by Gasteiger charge is -2.31. The second-order valence-electron chi connectivity index (χ2n) is 16.9. The Morgan fingerprint density at radius 3 is 1.92 bits per heavy atom. The lowest BCUT2D eigenvalue weighted by atomic mass is 9.78. The quantitative estimate of drug-likeness (QED) is 0.171. The molecule has 0 heterocycles. The van der Waals surface area contributed by atoms with E-state index in [1.54, 1.807) is 5.56 Å². The Balaban J connectivity index is 1.04. The summed E-state index contributed by atoms with van der Waals surface area (Å²) in [5.74, 6) is 1.66. The van der Waals surface area contributed by atoms with Crippen LogP contribution in [0.2, 0.25) is 0 Å². The molecule has 0 unspecified atom stereocenters. The number of rotatable bonds is 6. The van der Waals surface area contributed by atoms with E-state index in [0.29, 0.717) is 11.3 Å². The molecule has 6 aromatic rings. The first-order chi connectivity index (χ1) is 25.0. The predicted molar refractivity (Wildman–Crippen MR) is 216 cm³/mol. The van der Waals surface area contributed by atoms with Crippen LogP contribution in [-0.2, 0) is 10.8 Å². The fourth-order valence-corrected chi connectivity index (χ4v) is 10.8. The summed E-state index contributed by atoms with van der Waals surface area (Å²) < 4.78 is 0. The van der Waals surface area contributed by atoms with E-state index >= 15 is 0 Å². The van der Waals surface area contributed by atoms with Crippen molar-refractivity contribution < 1.29 is 0 Å². The lowest BCUT2D eigenvalue weighted by molar-refractivity contribution is 0.419. The molecule has 10 rings (SSSR count). The molecule has 0 saturated heterocycles.